The van der Waals surface area contributed by atoms with Crippen molar-refractivity contribution in [1.29, 1.82) is 0 Å². The van der Waals surface area contributed by atoms with Gasteiger partial charge < -0.3 is 4.90 Å². The molecule has 1 atom stereocenters. The Morgan fingerprint density at radius 3 is 2.76 bits per heavy atom. The van der Waals surface area contributed by atoms with Gasteiger partial charge in [-0.2, -0.15) is 0 Å². The van der Waals surface area contributed by atoms with Gasteiger partial charge >= 0.3 is 0 Å². The van der Waals surface area contributed by atoms with E-state index in [0.717, 1.165) is 11.0 Å². The van der Waals surface area contributed by atoms with E-state index in [1.165, 1.54) is 10.9 Å². The van der Waals surface area contributed by atoms with E-state index < -0.39 is 5.82 Å². The van der Waals surface area contributed by atoms with Gasteiger partial charge in [-0.25, -0.2) is 4.39 Å². The van der Waals surface area contributed by atoms with Gasteiger partial charge in [-0.3, -0.25) is 4.79 Å². The molecule has 0 bridgehead atoms. The van der Waals surface area contributed by atoms with Crippen LogP contribution in [0.25, 0.3) is 0 Å². The lowest BCUT2D eigenvalue weighted by Gasteiger charge is -2.20. The topological polar surface area (TPSA) is 20.3 Å². The monoisotopic (exact) mass is 369 g/mol. The lowest BCUT2D eigenvalue weighted by atomic mass is 9.98. The number of halogens is 2. The largest absolute Gasteiger partial charge is 0.301 e. The van der Waals surface area contributed by atoms with E-state index in [-0.39, 0.29) is 17.3 Å². The van der Waals surface area contributed by atoms with Crippen molar-refractivity contribution in [3.63, 3.8) is 0 Å². The molecule has 1 aromatic carbocycles. The molecule has 0 saturated heterocycles. The fourth-order valence-corrected chi connectivity index (χ4v) is 3.77. The Hall–Kier alpha value is -1.04. The van der Waals surface area contributed by atoms with E-state index in [4.69, 9.17) is 0 Å². The van der Waals surface area contributed by atoms with Crippen LogP contribution in [0.3, 0.4) is 0 Å². The van der Waals surface area contributed by atoms with Crippen LogP contribution < -0.4 is 0 Å². The van der Waals surface area contributed by atoms with E-state index in [9.17, 15) is 9.18 Å². The van der Waals surface area contributed by atoms with Crippen molar-refractivity contribution >= 4 is 33.0 Å². The molecule has 0 amide bonds. The van der Waals surface area contributed by atoms with E-state index >= 15 is 0 Å². The fourth-order valence-electron chi connectivity index (χ4n) is 2.24. The number of ketones is 1. The molecule has 0 aliphatic carbocycles. The van der Waals surface area contributed by atoms with Crippen LogP contribution in [-0.4, -0.2) is 24.3 Å². The maximum absolute atomic E-state index is 13.6. The lowest BCUT2D eigenvalue weighted by Crippen LogP contribution is -2.28. The zero-order valence-corrected chi connectivity index (χ0v) is 14.4. The molecule has 0 saturated carbocycles. The van der Waals surface area contributed by atoms with Crippen molar-refractivity contribution in [1.82, 2.24) is 4.90 Å². The van der Waals surface area contributed by atoms with Gasteiger partial charge in [0.25, 0.3) is 0 Å². The van der Waals surface area contributed by atoms with Crippen molar-refractivity contribution in [2.45, 2.75) is 13.5 Å². The molecule has 2 aromatic rings. The summed E-state index contributed by atoms with van der Waals surface area (Å²) in [6.07, 6.45) is 0. The Balaban J connectivity index is 1.96. The van der Waals surface area contributed by atoms with E-state index in [1.54, 1.807) is 29.5 Å². The molecule has 1 aromatic heterocycles. The molecule has 112 valence electrons. The first-order valence-corrected chi connectivity index (χ1v) is 8.35. The van der Waals surface area contributed by atoms with Crippen molar-refractivity contribution in [3.8, 4) is 0 Å². The molecule has 0 spiro atoms. The molecule has 21 heavy (non-hydrogen) atoms. The minimum absolute atomic E-state index is 0.146. The fraction of sp³-hybridized carbons (Fsp3) is 0.312. The quantitative estimate of drug-likeness (QED) is 0.693. The smallest absolute Gasteiger partial charge is 0.169 e. The van der Waals surface area contributed by atoms with Crippen LogP contribution in [0.4, 0.5) is 4.39 Å². The Labute approximate surface area is 136 Å². The highest BCUT2D eigenvalue weighted by molar-refractivity contribution is 9.10. The summed E-state index contributed by atoms with van der Waals surface area (Å²) in [5, 5.41) is 2.04. The number of thiophene rings is 1. The van der Waals surface area contributed by atoms with Crippen LogP contribution in [0.15, 0.2) is 40.2 Å². The number of Topliss-reactive ketones (excluding diaryl/α,β-unsaturated/α-hetero) is 1. The van der Waals surface area contributed by atoms with Crippen LogP contribution in [-0.2, 0) is 6.54 Å². The van der Waals surface area contributed by atoms with Gasteiger partial charge in [-0.1, -0.05) is 19.1 Å². The van der Waals surface area contributed by atoms with Crippen LogP contribution >= 0.6 is 27.3 Å². The number of carbonyl (C=O) groups excluding carboxylic acids is 1. The van der Waals surface area contributed by atoms with Gasteiger partial charge in [-0.05, 0) is 41.2 Å². The first-order chi connectivity index (χ1) is 9.97. The second kappa shape index (κ2) is 7.29. The third-order valence-corrected chi connectivity index (χ3v) is 4.90. The number of rotatable bonds is 6. The standard InChI is InChI=1S/C16H17BrFNOS/c1-11(16(20)14-5-3-4-6-15(14)18)8-19(2)9-13-7-12(17)10-21-13/h3-7,10-11H,8-9H2,1-2H3. The van der Waals surface area contributed by atoms with E-state index in [0.29, 0.717) is 6.54 Å². The van der Waals surface area contributed by atoms with Crippen molar-refractivity contribution < 1.29 is 9.18 Å². The van der Waals surface area contributed by atoms with Gasteiger partial charge in [0.2, 0.25) is 0 Å². The van der Waals surface area contributed by atoms with Gasteiger partial charge in [-0.15, -0.1) is 11.3 Å². The number of hydrogen-bond acceptors (Lipinski definition) is 3. The van der Waals surface area contributed by atoms with E-state index in [1.807, 2.05) is 19.4 Å². The van der Waals surface area contributed by atoms with Crippen molar-refractivity contribution in [2.24, 2.45) is 5.92 Å². The summed E-state index contributed by atoms with van der Waals surface area (Å²) < 4.78 is 14.7. The van der Waals surface area contributed by atoms with Crippen LogP contribution in [0, 0.1) is 11.7 Å². The minimum atomic E-state index is -0.445. The Bertz CT molecular complexity index is 628. The summed E-state index contributed by atoms with van der Waals surface area (Å²) in [4.78, 5) is 15.6. The third-order valence-electron chi connectivity index (χ3n) is 3.22. The first-order valence-electron chi connectivity index (χ1n) is 6.67. The summed E-state index contributed by atoms with van der Waals surface area (Å²) in [6.45, 7) is 3.23. The Kier molecular flexibility index (Phi) is 5.67. The first kappa shape index (κ1) is 16.3. The molecule has 5 heteroatoms. The average molecular weight is 370 g/mol. The molecule has 0 radical (unpaired) electrons. The van der Waals surface area contributed by atoms with Crippen molar-refractivity contribution in [2.75, 3.05) is 13.6 Å². The summed E-state index contributed by atoms with van der Waals surface area (Å²) in [6, 6.07) is 8.23. The summed E-state index contributed by atoms with van der Waals surface area (Å²) >= 11 is 5.11. The van der Waals surface area contributed by atoms with Crippen LogP contribution in [0.1, 0.15) is 22.2 Å². The lowest BCUT2D eigenvalue weighted by molar-refractivity contribution is 0.0897. The highest BCUT2D eigenvalue weighted by Crippen LogP contribution is 2.21. The average Bonchev–Trinajstić information content (AvgIpc) is 2.83. The second-order valence-electron chi connectivity index (χ2n) is 5.17. The molecular weight excluding hydrogens is 353 g/mol. The molecule has 0 N–H and O–H groups in total. The second-order valence-corrected chi connectivity index (χ2v) is 7.08. The predicted molar refractivity (Wildman–Crippen MR) is 88.2 cm³/mol. The third kappa shape index (κ3) is 4.46. The molecule has 2 rings (SSSR count). The SMILES string of the molecule is CC(CN(C)Cc1cc(Br)cs1)C(=O)c1ccccc1F. The molecule has 1 unspecified atom stereocenters. The number of nitrogens with zero attached hydrogens (tertiary/aromatic N) is 1. The van der Waals surface area contributed by atoms with Crippen LogP contribution in [0.2, 0.25) is 0 Å². The maximum Gasteiger partial charge on any atom is 0.169 e. The zero-order valence-electron chi connectivity index (χ0n) is 12.0. The zero-order chi connectivity index (χ0) is 15.4. The van der Waals surface area contributed by atoms with E-state index in [2.05, 4.69) is 26.9 Å². The molecule has 1 heterocycles. The molecule has 0 fully saturated rings. The number of carbonyl (C=O) groups is 1. The van der Waals surface area contributed by atoms with Gasteiger partial charge in [0.15, 0.2) is 5.78 Å². The highest BCUT2D eigenvalue weighted by Gasteiger charge is 2.20. The predicted octanol–water partition coefficient (Wildman–Crippen LogP) is 4.60. The van der Waals surface area contributed by atoms with Crippen molar-refractivity contribution in [3.05, 3.63) is 56.4 Å². The van der Waals surface area contributed by atoms with Gasteiger partial charge in [0.05, 0.1) is 5.56 Å². The Morgan fingerprint density at radius 1 is 1.43 bits per heavy atom. The number of hydrogen-bond donors (Lipinski definition) is 0. The summed E-state index contributed by atoms with van der Waals surface area (Å²) in [5.74, 6) is -0.832. The molecule has 0 aliphatic rings. The summed E-state index contributed by atoms with van der Waals surface area (Å²) in [7, 11) is 1.97. The highest BCUT2D eigenvalue weighted by atomic mass is 79.9. The van der Waals surface area contributed by atoms with Gasteiger partial charge in [0, 0.05) is 33.7 Å². The normalized spacial score (nSPS) is 12.6. The molecule has 2 nitrogen and oxygen atoms in total. The molecular formula is C16H17BrFNOS. The Morgan fingerprint density at radius 2 is 2.14 bits per heavy atom. The number of benzene rings is 1. The van der Waals surface area contributed by atoms with Gasteiger partial charge in [0.1, 0.15) is 5.82 Å². The molecule has 0 aliphatic heterocycles. The van der Waals surface area contributed by atoms with Crippen LogP contribution in [0.5, 0.6) is 0 Å². The summed E-state index contributed by atoms with van der Waals surface area (Å²) in [5.41, 5.74) is 0.178. The minimum Gasteiger partial charge on any atom is -0.301 e. The maximum atomic E-state index is 13.6.